The second kappa shape index (κ2) is 70.0. The van der Waals surface area contributed by atoms with Crippen molar-refractivity contribution in [2.24, 2.45) is 0 Å². The summed E-state index contributed by atoms with van der Waals surface area (Å²) in [5.41, 5.74) is 0. The van der Waals surface area contributed by atoms with Crippen LogP contribution in [-0.2, 0) is 27.9 Å². The predicted molar refractivity (Wildman–Crippen MR) is 399 cm³/mol. The fraction of sp³-hybridized carbons (Fsp3) is 0.707. The van der Waals surface area contributed by atoms with E-state index in [0.717, 1.165) is 135 Å². The van der Waals surface area contributed by atoms with Gasteiger partial charge in [0.2, 0.25) is 5.91 Å². The molecule has 0 rings (SSSR count). The number of likely N-dealkylation sites (N-methyl/N-ethyl adjacent to an activating group) is 1. The van der Waals surface area contributed by atoms with Crippen LogP contribution in [0.25, 0.3) is 0 Å². The molecule has 0 spiro atoms. The molecule has 0 aromatic rings. The predicted octanol–water partition coefficient (Wildman–Crippen LogP) is 24.1. The number of allylic oxidation sites excluding steroid dienone is 21. The van der Waals surface area contributed by atoms with Gasteiger partial charge in [0, 0.05) is 12.8 Å². The maximum atomic E-state index is 13.6. The molecule has 0 heterocycles. The summed E-state index contributed by atoms with van der Waals surface area (Å²) in [6.07, 6.45) is 100. The van der Waals surface area contributed by atoms with Gasteiger partial charge in [-0.25, -0.2) is 0 Å². The number of nitrogens with zero attached hydrogens (tertiary/aromatic N) is 1. The minimum Gasteiger partial charge on any atom is -0.756 e. The van der Waals surface area contributed by atoms with E-state index in [4.69, 9.17) is 13.8 Å². The van der Waals surface area contributed by atoms with E-state index >= 15 is 0 Å². The zero-order chi connectivity index (χ0) is 67.0. The maximum absolute atomic E-state index is 13.6. The zero-order valence-corrected chi connectivity index (χ0v) is 61.4. The third-order valence-electron chi connectivity index (χ3n) is 16.3. The molecular weight excluding hydrogens is 1160 g/mol. The van der Waals surface area contributed by atoms with Crippen LogP contribution in [0, 0.1) is 0 Å². The molecule has 0 saturated carbocycles. The number of phosphoric ester groups is 1. The van der Waals surface area contributed by atoms with E-state index < -0.39 is 26.6 Å². The van der Waals surface area contributed by atoms with Gasteiger partial charge in [-0.3, -0.25) is 14.2 Å². The highest BCUT2D eigenvalue weighted by Gasteiger charge is 2.27. The molecule has 1 amide bonds. The Labute approximate surface area is 568 Å². The minimum atomic E-state index is -4.72. The number of hydrogen-bond donors (Lipinski definition) is 1. The Morgan fingerprint density at radius 2 is 0.696 bits per heavy atom. The Balaban J connectivity index is 5.03. The van der Waals surface area contributed by atoms with Crippen LogP contribution in [0.1, 0.15) is 323 Å². The molecule has 0 aliphatic heterocycles. The molecule has 0 aromatic carbocycles. The molecule has 92 heavy (non-hydrogen) atoms. The standard InChI is InChI=1S/C82H143N2O7P/c1-7-10-13-16-19-22-25-28-30-32-34-36-38-40-42-44-46-48-50-52-54-56-59-62-65-68-71-74-81(85)83-79(78-90-92(87,88)89-77-76-84(4,5)6)80(73-70-67-64-61-58-27-24-21-18-15-12-9-3)91-82(86)75-72-69-66-63-60-57-55-53-51-49-47-45-43-41-39-37-35-33-31-29-26-23-20-17-14-11-8-2/h10,13,19-20,22-23,28-31,34-37,40-43,46,48,70,73,79-80H,7-9,11-12,14-18,21,24-27,32-33,38-39,44-45,47,49-69,71-72,74-78H2,1-6H3,(H-,83,85,87,88)/b13-10-,22-19-,23-20-,30-28-,31-29-,36-34-,37-35-,42-40-,43-41-,48-46-,73-70+. The van der Waals surface area contributed by atoms with Gasteiger partial charge in [0.1, 0.15) is 19.3 Å². The number of quaternary nitrogens is 1. The lowest BCUT2D eigenvalue weighted by atomic mass is 10.0. The van der Waals surface area contributed by atoms with Crippen molar-refractivity contribution in [1.82, 2.24) is 5.32 Å². The van der Waals surface area contributed by atoms with Crippen LogP contribution in [0.5, 0.6) is 0 Å². The van der Waals surface area contributed by atoms with E-state index in [-0.39, 0.29) is 24.9 Å². The molecule has 0 aliphatic carbocycles. The number of amides is 1. The molecule has 3 unspecified atom stereocenters. The molecular formula is C82H143N2O7P. The first-order chi connectivity index (χ1) is 44.9. The molecule has 3 atom stereocenters. The highest BCUT2D eigenvalue weighted by Crippen LogP contribution is 2.38. The topological polar surface area (TPSA) is 114 Å². The van der Waals surface area contributed by atoms with Crippen molar-refractivity contribution >= 4 is 19.7 Å². The summed E-state index contributed by atoms with van der Waals surface area (Å²) in [6.45, 7) is 6.71. The average Bonchev–Trinajstić information content (AvgIpc) is 3.69. The summed E-state index contributed by atoms with van der Waals surface area (Å²) in [5.74, 6) is -0.555. The van der Waals surface area contributed by atoms with Gasteiger partial charge in [-0.05, 0) is 128 Å². The third kappa shape index (κ3) is 70.5. The van der Waals surface area contributed by atoms with Gasteiger partial charge in [0.25, 0.3) is 7.82 Å². The Bertz CT molecular complexity index is 2040. The van der Waals surface area contributed by atoms with Crippen LogP contribution >= 0.6 is 7.82 Å². The van der Waals surface area contributed by atoms with Gasteiger partial charge in [0.05, 0.1) is 33.8 Å². The first-order valence-electron chi connectivity index (χ1n) is 38.0. The van der Waals surface area contributed by atoms with Crippen LogP contribution < -0.4 is 10.2 Å². The van der Waals surface area contributed by atoms with Crippen molar-refractivity contribution in [2.45, 2.75) is 335 Å². The Morgan fingerprint density at radius 1 is 0.391 bits per heavy atom. The molecule has 0 saturated heterocycles. The fourth-order valence-electron chi connectivity index (χ4n) is 10.5. The average molecular weight is 1300 g/mol. The summed E-state index contributed by atoms with van der Waals surface area (Å²) in [4.78, 5) is 40.3. The van der Waals surface area contributed by atoms with Crippen molar-refractivity contribution in [1.29, 1.82) is 0 Å². The van der Waals surface area contributed by atoms with Crippen molar-refractivity contribution in [2.75, 3.05) is 40.9 Å². The summed E-state index contributed by atoms with van der Waals surface area (Å²) < 4.78 is 30.5. The number of esters is 1. The first kappa shape index (κ1) is 88.2. The van der Waals surface area contributed by atoms with Crippen LogP contribution in [-0.4, -0.2) is 69.4 Å². The first-order valence-corrected chi connectivity index (χ1v) is 39.5. The lowest BCUT2D eigenvalue weighted by molar-refractivity contribution is -0.870. The maximum Gasteiger partial charge on any atom is 0.306 e. The van der Waals surface area contributed by atoms with Crippen LogP contribution in [0.15, 0.2) is 134 Å². The normalized spacial score (nSPS) is 14.2. The van der Waals surface area contributed by atoms with Crippen LogP contribution in [0.4, 0.5) is 0 Å². The smallest absolute Gasteiger partial charge is 0.306 e. The Hall–Kier alpha value is -3.85. The summed E-state index contributed by atoms with van der Waals surface area (Å²) in [6, 6.07) is -0.905. The quantitative estimate of drug-likeness (QED) is 0.0212. The number of phosphoric acid groups is 1. The second-order valence-corrected chi connectivity index (χ2v) is 27.8. The molecule has 1 N–H and O–H groups in total. The lowest BCUT2D eigenvalue weighted by Gasteiger charge is -2.30. The molecule has 0 fully saturated rings. The molecule has 0 aliphatic rings. The SMILES string of the molecule is CC/C=C\C/C=C\C/C=C\C/C=C\C/C=C\C/C=C\CCCCCCCCCCC(=O)NC(COP(=O)([O-])OCC[N+](C)(C)C)C(/C=C/CCCCCCCCCCCC)OC(=O)CCCCCCCCCCCCC/C=C\C/C=C\C/C=C\C/C=C\CCCCC. The Morgan fingerprint density at radius 3 is 1.07 bits per heavy atom. The fourth-order valence-corrected chi connectivity index (χ4v) is 11.2. The van der Waals surface area contributed by atoms with E-state index in [1.54, 1.807) is 0 Å². The van der Waals surface area contributed by atoms with Gasteiger partial charge in [-0.2, -0.15) is 0 Å². The largest absolute Gasteiger partial charge is 0.756 e. The lowest BCUT2D eigenvalue weighted by Crippen LogP contribution is -2.47. The van der Waals surface area contributed by atoms with E-state index in [1.807, 2.05) is 33.3 Å². The molecule has 0 bridgehead atoms. The molecule has 528 valence electrons. The van der Waals surface area contributed by atoms with E-state index in [1.165, 1.54) is 154 Å². The molecule has 0 aromatic heterocycles. The van der Waals surface area contributed by atoms with Gasteiger partial charge < -0.3 is 28.5 Å². The summed E-state index contributed by atoms with van der Waals surface area (Å²) in [5, 5.41) is 3.04. The minimum absolute atomic E-state index is 0.0307. The van der Waals surface area contributed by atoms with E-state index in [2.05, 4.69) is 148 Å². The number of rotatable bonds is 68. The van der Waals surface area contributed by atoms with Crippen molar-refractivity contribution in [3.63, 3.8) is 0 Å². The number of unbranched alkanes of at least 4 members (excludes halogenated alkanes) is 32. The van der Waals surface area contributed by atoms with Crippen LogP contribution in [0.3, 0.4) is 0 Å². The van der Waals surface area contributed by atoms with Gasteiger partial charge >= 0.3 is 5.97 Å². The number of carbonyl (C=O) groups excluding carboxylic acids is 2. The summed E-state index contributed by atoms with van der Waals surface area (Å²) >= 11 is 0. The number of carbonyl (C=O) groups is 2. The van der Waals surface area contributed by atoms with Crippen molar-refractivity contribution in [3.05, 3.63) is 134 Å². The number of hydrogen-bond acceptors (Lipinski definition) is 7. The van der Waals surface area contributed by atoms with Gasteiger partial charge in [-0.15, -0.1) is 0 Å². The van der Waals surface area contributed by atoms with Crippen LogP contribution in [0.2, 0.25) is 0 Å². The molecule has 10 heteroatoms. The van der Waals surface area contributed by atoms with E-state index in [0.29, 0.717) is 17.4 Å². The second-order valence-electron chi connectivity index (χ2n) is 26.4. The van der Waals surface area contributed by atoms with Crippen molar-refractivity contribution < 1.29 is 37.3 Å². The zero-order valence-electron chi connectivity index (χ0n) is 60.5. The number of ether oxygens (including phenoxy) is 1. The third-order valence-corrected chi connectivity index (χ3v) is 17.3. The molecule has 0 radical (unpaired) electrons. The van der Waals surface area contributed by atoms with E-state index in [9.17, 15) is 19.0 Å². The number of nitrogens with one attached hydrogen (secondary N) is 1. The van der Waals surface area contributed by atoms with Crippen molar-refractivity contribution in [3.8, 4) is 0 Å². The Kier molecular flexibility index (Phi) is 67.0. The highest BCUT2D eigenvalue weighted by atomic mass is 31.2. The van der Waals surface area contributed by atoms with Gasteiger partial charge in [-0.1, -0.05) is 315 Å². The highest BCUT2D eigenvalue weighted by molar-refractivity contribution is 7.45. The summed E-state index contributed by atoms with van der Waals surface area (Å²) in [7, 11) is 1.17. The molecule has 9 nitrogen and oxygen atoms in total. The monoisotopic (exact) mass is 1300 g/mol. The van der Waals surface area contributed by atoms with Gasteiger partial charge in [0.15, 0.2) is 0 Å².